The smallest absolute Gasteiger partial charge is 0.166 e. The van der Waals surface area contributed by atoms with Crippen LogP contribution in [0.25, 0.3) is 0 Å². The molecule has 1 rings (SSSR count). The fraction of sp³-hybridized carbons (Fsp3) is 0.222. The van der Waals surface area contributed by atoms with Crippen LogP contribution < -0.4 is 4.83 Å². The number of alkyl halides is 2. The van der Waals surface area contributed by atoms with Crippen LogP contribution in [0.2, 0.25) is 0 Å². The minimum Gasteiger partial charge on any atom is -0.230 e. The molecule has 0 bridgehead atoms. The third kappa shape index (κ3) is 4.64. The number of halogens is 2. The molecule has 0 aliphatic carbocycles. The summed E-state index contributed by atoms with van der Waals surface area (Å²) >= 11 is 10.8. The molecule has 1 aromatic rings. The fourth-order valence-corrected chi connectivity index (χ4v) is 1.61. The highest BCUT2D eigenvalue weighted by molar-refractivity contribution is 7.83. The summed E-state index contributed by atoms with van der Waals surface area (Å²) in [6.07, 6.45) is 1.26. The van der Waals surface area contributed by atoms with Crippen molar-refractivity contribution in [1.82, 2.24) is 4.83 Å². The molecule has 1 atom stereocenters. The lowest BCUT2D eigenvalue weighted by molar-refractivity contribution is 0.675. The first-order chi connectivity index (χ1) is 7.09. The van der Waals surface area contributed by atoms with Gasteiger partial charge in [-0.05, 0) is 19.1 Å². The second-order valence-corrected chi connectivity index (χ2v) is 5.14. The molecule has 0 fully saturated rings. The van der Waals surface area contributed by atoms with E-state index >= 15 is 0 Å². The predicted molar refractivity (Wildman–Crippen MR) is 64.7 cm³/mol. The van der Waals surface area contributed by atoms with Gasteiger partial charge in [-0.15, -0.1) is 0 Å². The lowest BCUT2D eigenvalue weighted by atomic mass is 10.2. The number of nitrogens with one attached hydrogen (secondary N) is 1. The molecule has 0 saturated carbocycles. The normalized spacial score (nSPS) is 13.3. The van der Waals surface area contributed by atoms with Gasteiger partial charge in [-0.2, -0.15) is 5.10 Å². The molecular formula is C9H10Cl2N2OS. The van der Waals surface area contributed by atoms with E-state index in [1.807, 2.05) is 19.1 Å². The Hall–Kier alpha value is -0.580. The van der Waals surface area contributed by atoms with Crippen LogP contribution in [-0.2, 0) is 11.0 Å². The van der Waals surface area contributed by atoms with E-state index in [9.17, 15) is 4.21 Å². The van der Waals surface area contributed by atoms with Gasteiger partial charge in [0, 0.05) is 0 Å². The number of benzene rings is 1. The fourth-order valence-electron chi connectivity index (χ4n) is 0.849. The van der Waals surface area contributed by atoms with Gasteiger partial charge in [0.1, 0.15) is 4.84 Å². The maximum atomic E-state index is 11.5. The summed E-state index contributed by atoms with van der Waals surface area (Å²) in [6.45, 7) is 1.96. The Morgan fingerprint density at radius 2 is 2.00 bits per heavy atom. The number of rotatable bonds is 4. The predicted octanol–water partition coefficient (Wildman–Crippen LogP) is 2.40. The Balaban J connectivity index is 2.58. The average molecular weight is 265 g/mol. The summed E-state index contributed by atoms with van der Waals surface area (Å²) in [6, 6.07) is 7.30. The summed E-state index contributed by atoms with van der Waals surface area (Å²) in [5, 5.41) is 3.63. The molecule has 6 heteroatoms. The van der Waals surface area contributed by atoms with Crippen molar-refractivity contribution in [2.45, 2.75) is 16.7 Å². The van der Waals surface area contributed by atoms with Crippen LogP contribution in [0.4, 0.5) is 0 Å². The molecular weight excluding hydrogens is 255 g/mol. The first kappa shape index (κ1) is 12.5. The van der Waals surface area contributed by atoms with E-state index < -0.39 is 15.8 Å². The molecule has 1 N–H and O–H groups in total. The van der Waals surface area contributed by atoms with Crippen LogP contribution in [0.3, 0.4) is 0 Å². The van der Waals surface area contributed by atoms with E-state index in [-0.39, 0.29) is 0 Å². The first-order valence-electron chi connectivity index (χ1n) is 4.15. The highest BCUT2D eigenvalue weighted by Crippen LogP contribution is 2.06. The van der Waals surface area contributed by atoms with Gasteiger partial charge in [0.2, 0.25) is 0 Å². The van der Waals surface area contributed by atoms with Crippen LogP contribution in [-0.4, -0.2) is 15.3 Å². The van der Waals surface area contributed by atoms with Crippen LogP contribution in [0.1, 0.15) is 5.56 Å². The van der Waals surface area contributed by atoms with Gasteiger partial charge in [-0.1, -0.05) is 40.9 Å². The van der Waals surface area contributed by atoms with Crippen molar-refractivity contribution in [1.29, 1.82) is 0 Å². The van der Waals surface area contributed by atoms with Crippen molar-refractivity contribution in [2.24, 2.45) is 5.10 Å². The van der Waals surface area contributed by atoms with E-state index in [0.29, 0.717) is 4.90 Å². The van der Waals surface area contributed by atoms with Crippen LogP contribution in [0.5, 0.6) is 0 Å². The summed E-state index contributed by atoms with van der Waals surface area (Å²) < 4.78 is 11.5. The molecule has 0 aromatic heterocycles. The Labute approximate surface area is 101 Å². The highest BCUT2D eigenvalue weighted by Gasteiger charge is 2.00. The molecule has 0 aliphatic heterocycles. The molecule has 0 radical (unpaired) electrons. The minimum absolute atomic E-state index is 0.651. The number of hydrogen-bond acceptors (Lipinski definition) is 2. The second kappa shape index (κ2) is 6.10. The maximum Gasteiger partial charge on any atom is 0.166 e. The quantitative estimate of drug-likeness (QED) is 0.507. The molecule has 1 aromatic carbocycles. The van der Waals surface area contributed by atoms with Crippen molar-refractivity contribution in [2.75, 3.05) is 0 Å². The van der Waals surface area contributed by atoms with Crippen LogP contribution in [0, 0.1) is 6.92 Å². The van der Waals surface area contributed by atoms with Crippen molar-refractivity contribution >= 4 is 40.4 Å². The SMILES string of the molecule is Cc1ccc(S(=O)N/N=C\C(Cl)Cl)cc1. The third-order valence-corrected chi connectivity index (χ3v) is 2.75. The first-order valence-corrected chi connectivity index (χ1v) is 6.17. The molecule has 0 aliphatic rings. The van der Waals surface area contributed by atoms with Crippen molar-refractivity contribution < 1.29 is 4.21 Å². The Bertz CT molecular complexity index is 365. The van der Waals surface area contributed by atoms with Gasteiger partial charge in [-0.25, -0.2) is 9.04 Å². The maximum absolute atomic E-state index is 11.5. The molecule has 15 heavy (non-hydrogen) atoms. The van der Waals surface area contributed by atoms with Crippen molar-refractivity contribution in [3.8, 4) is 0 Å². The standard InChI is InChI=1S/C9H10Cl2N2OS/c1-7-2-4-8(5-3-7)15(14)13-12-6-9(10)11/h2-6,9,13H,1H3/b12-6-. The Kier molecular flexibility index (Phi) is 5.08. The summed E-state index contributed by atoms with van der Waals surface area (Å²) in [5.74, 6) is 0. The molecule has 0 saturated heterocycles. The van der Waals surface area contributed by atoms with Gasteiger partial charge < -0.3 is 0 Å². The lowest BCUT2D eigenvalue weighted by Crippen LogP contribution is -2.11. The number of nitrogens with zero attached hydrogens (tertiary/aromatic N) is 1. The van der Waals surface area contributed by atoms with Gasteiger partial charge in [-0.3, -0.25) is 0 Å². The molecule has 0 spiro atoms. The van der Waals surface area contributed by atoms with Gasteiger partial charge in [0.05, 0.1) is 11.1 Å². The zero-order chi connectivity index (χ0) is 11.3. The lowest BCUT2D eigenvalue weighted by Gasteiger charge is -2.00. The van der Waals surface area contributed by atoms with E-state index in [1.54, 1.807) is 12.1 Å². The highest BCUT2D eigenvalue weighted by atomic mass is 35.5. The topological polar surface area (TPSA) is 41.5 Å². The summed E-state index contributed by atoms with van der Waals surface area (Å²) in [5.41, 5.74) is 1.11. The zero-order valence-corrected chi connectivity index (χ0v) is 10.3. The Morgan fingerprint density at radius 1 is 1.40 bits per heavy atom. The number of hydrogen-bond donors (Lipinski definition) is 1. The molecule has 0 amide bonds. The van der Waals surface area contributed by atoms with E-state index in [2.05, 4.69) is 9.93 Å². The van der Waals surface area contributed by atoms with E-state index in [0.717, 1.165) is 5.56 Å². The van der Waals surface area contributed by atoms with Crippen LogP contribution >= 0.6 is 23.2 Å². The Morgan fingerprint density at radius 3 is 2.53 bits per heavy atom. The second-order valence-electron chi connectivity index (χ2n) is 2.79. The average Bonchev–Trinajstić information content (AvgIpc) is 2.18. The third-order valence-electron chi connectivity index (χ3n) is 1.56. The molecule has 3 nitrogen and oxygen atoms in total. The van der Waals surface area contributed by atoms with Gasteiger partial charge in [0.25, 0.3) is 0 Å². The van der Waals surface area contributed by atoms with Gasteiger partial charge >= 0.3 is 0 Å². The van der Waals surface area contributed by atoms with E-state index in [1.165, 1.54) is 6.21 Å². The molecule has 0 heterocycles. The summed E-state index contributed by atoms with van der Waals surface area (Å²) in [7, 11) is -1.37. The number of aryl methyl sites for hydroxylation is 1. The van der Waals surface area contributed by atoms with Crippen molar-refractivity contribution in [3.63, 3.8) is 0 Å². The monoisotopic (exact) mass is 264 g/mol. The van der Waals surface area contributed by atoms with Crippen molar-refractivity contribution in [3.05, 3.63) is 29.8 Å². The van der Waals surface area contributed by atoms with Gasteiger partial charge in [0.15, 0.2) is 11.0 Å². The zero-order valence-electron chi connectivity index (χ0n) is 7.98. The largest absolute Gasteiger partial charge is 0.230 e. The number of hydrazone groups is 1. The van der Waals surface area contributed by atoms with Crippen LogP contribution in [0.15, 0.2) is 34.3 Å². The summed E-state index contributed by atoms with van der Waals surface area (Å²) in [4.78, 5) is 2.37. The minimum atomic E-state index is -1.37. The van der Waals surface area contributed by atoms with E-state index in [4.69, 9.17) is 23.2 Å². The molecule has 1 unspecified atom stereocenters. The molecule has 82 valence electrons.